The highest BCUT2D eigenvalue weighted by atomic mass is 32.2. The van der Waals surface area contributed by atoms with Gasteiger partial charge in [-0.2, -0.15) is 4.98 Å². The van der Waals surface area contributed by atoms with E-state index in [1.165, 1.54) is 19.3 Å². The van der Waals surface area contributed by atoms with Gasteiger partial charge >= 0.3 is 0 Å². The van der Waals surface area contributed by atoms with Gasteiger partial charge in [-0.05, 0) is 12.8 Å². The number of ether oxygens (including phenoxy) is 1. The first-order valence-electron chi connectivity index (χ1n) is 7.96. The number of nitrogens with zero attached hydrogens (tertiary/aromatic N) is 3. The average Bonchev–Trinajstić information content (AvgIpc) is 3.02. The summed E-state index contributed by atoms with van der Waals surface area (Å²) in [5.41, 5.74) is 0.641. The molecule has 5 nitrogen and oxygen atoms in total. The lowest BCUT2D eigenvalue weighted by molar-refractivity contribution is 0.337. The Morgan fingerprint density at radius 2 is 2.23 bits per heavy atom. The predicted molar refractivity (Wildman–Crippen MR) is 90.2 cm³/mol. The zero-order chi connectivity index (χ0) is 15.5. The SMILES string of the molecule is C=CCOc1nc2n(c(=O)c1N(C)C1CCCCC1)CCS2. The van der Waals surface area contributed by atoms with Gasteiger partial charge in [-0.3, -0.25) is 9.36 Å². The van der Waals surface area contributed by atoms with Crippen LogP contribution in [0.5, 0.6) is 5.88 Å². The minimum Gasteiger partial charge on any atom is -0.472 e. The second-order valence-electron chi connectivity index (χ2n) is 5.86. The summed E-state index contributed by atoms with van der Waals surface area (Å²) in [6.07, 6.45) is 7.70. The summed E-state index contributed by atoms with van der Waals surface area (Å²) in [5, 5.41) is 0.768. The molecule has 6 heteroatoms. The number of aromatic nitrogens is 2. The van der Waals surface area contributed by atoms with Crippen LogP contribution >= 0.6 is 11.8 Å². The van der Waals surface area contributed by atoms with Crippen LogP contribution in [0.2, 0.25) is 0 Å². The van der Waals surface area contributed by atoms with E-state index in [-0.39, 0.29) is 5.56 Å². The van der Waals surface area contributed by atoms with Gasteiger partial charge in [-0.25, -0.2) is 0 Å². The lowest BCUT2D eigenvalue weighted by Gasteiger charge is -2.33. The Labute approximate surface area is 135 Å². The number of hydrogen-bond acceptors (Lipinski definition) is 5. The normalized spacial score (nSPS) is 18.0. The predicted octanol–water partition coefficient (Wildman–Crippen LogP) is 2.68. The average molecular weight is 321 g/mol. The zero-order valence-corrected chi connectivity index (χ0v) is 13.9. The molecule has 2 aliphatic rings. The summed E-state index contributed by atoms with van der Waals surface area (Å²) in [4.78, 5) is 19.6. The van der Waals surface area contributed by atoms with Crippen molar-refractivity contribution in [2.24, 2.45) is 0 Å². The van der Waals surface area contributed by atoms with Crippen LogP contribution in [0.3, 0.4) is 0 Å². The molecule has 0 amide bonds. The maximum absolute atomic E-state index is 12.9. The molecule has 1 aromatic rings. The van der Waals surface area contributed by atoms with E-state index in [0.29, 0.717) is 24.2 Å². The second kappa shape index (κ2) is 6.77. The molecule has 0 radical (unpaired) electrons. The third-order valence-electron chi connectivity index (χ3n) is 4.44. The Morgan fingerprint density at radius 3 is 2.95 bits per heavy atom. The molecule has 22 heavy (non-hydrogen) atoms. The molecular formula is C16H23N3O2S. The first-order chi connectivity index (χ1) is 10.7. The standard InChI is InChI=1S/C16H23N3O2S/c1-3-10-21-14-13(18(2)12-7-5-4-6-8-12)15(20)19-9-11-22-16(19)17-14/h3,12H,1,4-11H2,2H3. The molecule has 1 aliphatic heterocycles. The van der Waals surface area contributed by atoms with Gasteiger partial charge in [0.15, 0.2) is 10.8 Å². The third-order valence-corrected chi connectivity index (χ3v) is 5.39. The van der Waals surface area contributed by atoms with Gasteiger partial charge in [0, 0.05) is 25.4 Å². The largest absolute Gasteiger partial charge is 0.472 e. The number of thioether (sulfide) groups is 1. The number of anilines is 1. The smallest absolute Gasteiger partial charge is 0.281 e. The van der Waals surface area contributed by atoms with Crippen LogP contribution in [0.15, 0.2) is 22.6 Å². The summed E-state index contributed by atoms with van der Waals surface area (Å²) in [6, 6.07) is 0.405. The van der Waals surface area contributed by atoms with Gasteiger partial charge in [0.2, 0.25) is 5.88 Å². The Balaban J connectivity index is 1.99. The Bertz CT molecular complexity index is 608. The van der Waals surface area contributed by atoms with E-state index >= 15 is 0 Å². The molecular weight excluding hydrogens is 298 g/mol. The first-order valence-corrected chi connectivity index (χ1v) is 8.95. The van der Waals surface area contributed by atoms with E-state index in [0.717, 1.165) is 30.3 Å². The number of rotatable bonds is 5. The van der Waals surface area contributed by atoms with Crippen molar-refractivity contribution < 1.29 is 4.74 Å². The molecule has 0 unspecified atom stereocenters. The van der Waals surface area contributed by atoms with Crippen molar-refractivity contribution in [1.29, 1.82) is 0 Å². The van der Waals surface area contributed by atoms with E-state index in [9.17, 15) is 4.79 Å². The third kappa shape index (κ3) is 2.89. The van der Waals surface area contributed by atoms with Crippen LogP contribution in [0.25, 0.3) is 0 Å². The minimum atomic E-state index is 0.0298. The van der Waals surface area contributed by atoms with Crippen molar-refractivity contribution >= 4 is 17.4 Å². The lowest BCUT2D eigenvalue weighted by Crippen LogP contribution is -2.39. The van der Waals surface area contributed by atoms with Gasteiger partial charge in [0.05, 0.1) is 0 Å². The Kier molecular flexibility index (Phi) is 4.76. The van der Waals surface area contributed by atoms with Crippen molar-refractivity contribution in [3.05, 3.63) is 23.0 Å². The van der Waals surface area contributed by atoms with E-state index in [4.69, 9.17) is 4.74 Å². The minimum absolute atomic E-state index is 0.0298. The molecule has 2 heterocycles. The maximum atomic E-state index is 12.9. The molecule has 1 saturated carbocycles. The summed E-state index contributed by atoms with van der Waals surface area (Å²) >= 11 is 1.61. The zero-order valence-electron chi connectivity index (χ0n) is 13.1. The highest BCUT2D eigenvalue weighted by Crippen LogP contribution is 2.32. The lowest BCUT2D eigenvalue weighted by atomic mass is 9.94. The fourth-order valence-corrected chi connectivity index (χ4v) is 4.17. The van der Waals surface area contributed by atoms with Gasteiger partial charge in [0.25, 0.3) is 5.56 Å². The molecule has 1 aromatic heterocycles. The van der Waals surface area contributed by atoms with E-state index in [1.54, 1.807) is 22.4 Å². The van der Waals surface area contributed by atoms with Crippen LogP contribution in [-0.4, -0.2) is 35.0 Å². The van der Waals surface area contributed by atoms with Crippen molar-refractivity contribution in [2.45, 2.75) is 49.8 Å². The fraction of sp³-hybridized carbons (Fsp3) is 0.625. The van der Waals surface area contributed by atoms with Crippen molar-refractivity contribution in [2.75, 3.05) is 24.3 Å². The highest BCUT2D eigenvalue weighted by Gasteiger charge is 2.28. The van der Waals surface area contributed by atoms with Crippen molar-refractivity contribution in [3.8, 4) is 5.88 Å². The molecule has 120 valence electrons. The second-order valence-corrected chi connectivity index (χ2v) is 6.92. The number of fused-ring (bicyclic) bond motifs is 1. The Hall–Kier alpha value is -1.43. The van der Waals surface area contributed by atoms with Crippen molar-refractivity contribution in [1.82, 2.24) is 9.55 Å². The molecule has 0 bridgehead atoms. The van der Waals surface area contributed by atoms with E-state index in [2.05, 4.69) is 16.5 Å². The maximum Gasteiger partial charge on any atom is 0.281 e. The first kappa shape index (κ1) is 15.5. The topological polar surface area (TPSA) is 47.4 Å². The monoisotopic (exact) mass is 321 g/mol. The molecule has 3 rings (SSSR count). The van der Waals surface area contributed by atoms with Gasteiger partial charge in [-0.15, -0.1) is 0 Å². The molecule has 0 saturated heterocycles. The molecule has 0 N–H and O–H groups in total. The summed E-state index contributed by atoms with van der Waals surface area (Å²) in [6.45, 7) is 4.78. The quantitative estimate of drug-likeness (QED) is 0.616. The summed E-state index contributed by atoms with van der Waals surface area (Å²) < 4.78 is 7.48. The van der Waals surface area contributed by atoms with Crippen LogP contribution in [-0.2, 0) is 6.54 Å². The fourth-order valence-electron chi connectivity index (χ4n) is 3.23. The van der Waals surface area contributed by atoms with Crippen LogP contribution in [0, 0.1) is 0 Å². The highest BCUT2D eigenvalue weighted by molar-refractivity contribution is 7.99. The van der Waals surface area contributed by atoms with Crippen LogP contribution in [0.4, 0.5) is 5.69 Å². The van der Waals surface area contributed by atoms with Crippen LogP contribution in [0.1, 0.15) is 32.1 Å². The van der Waals surface area contributed by atoms with E-state index in [1.807, 2.05) is 7.05 Å². The molecule has 1 fully saturated rings. The number of hydrogen-bond donors (Lipinski definition) is 0. The van der Waals surface area contributed by atoms with E-state index < -0.39 is 0 Å². The molecule has 0 spiro atoms. The molecule has 1 aliphatic carbocycles. The van der Waals surface area contributed by atoms with Gasteiger partial charge in [0.1, 0.15) is 6.61 Å². The molecule has 0 aromatic carbocycles. The van der Waals surface area contributed by atoms with Crippen LogP contribution < -0.4 is 15.2 Å². The van der Waals surface area contributed by atoms with Gasteiger partial charge in [-0.1, -0.05) is 43.7 Å². The molecule has 0 atom stereocenters. The summed E-state index contributed by atoms with van der Waals surface area (Å²) in [7, 11) is 2.00. The van der Waals surface area contributed by atoms with Crippen molar-refractivity contribution in [3.63, 3.8) is 0 Å². The Morgan fingerprint density at radius 1 is 1.45 bits per heavy atom. The summed E-state index contributed by atoms with van der Waals surface area (Å²) in [5.74, 6) is 1.36. The van der Waals surface area contributed by atoms with Gasteiger partial charge < -0.3 is 9.64 Å².